The minimum absolute atomic E-state index is 0.000873. The Hall–Kier alpha value is -3.44. The molecule has 0 saturated carbocycles. The lowest BCUT2D eigenvalue weighted by molar-refractivity contribution is 0.371. The smallest absolute Gasteiger partial charge is 0.262 e. The number of phenolic OH excluding ortho intramolecular Hbond substituents is 3. The molecule has 1 heterocycles. The summed E-state index contributed by atoms with van der Waals surface area (Å²) >= 11 is 0. The molecular weight excluding hydrogens is 372 g/mol. The topological polar surface area (TPSA) is 178 Å². The van der Waals surface area contributed by atoms with Crippen LogP contribution in [0.25, 0.3) is 22.3 Å². The summed E-state index contributed by atoms with van der Waals surface area (Å²) in [5, 5.41) is 38.3. The lowest BCUT2D eigenvalue weighted by atomic mass is 10.1. The van der Waals surface area contributed by atoms with Gasteiger partial charge in [0.25, 0.3) is 10.4 Å². The third-order valence-electron chi connectivity index (χ3n) is 3.36. The fraction of sp³-hybridized carbons (Fsp3) is 0. The summed E-state index contributed by atoms with van der Waals surface area (Å²) in [5.74, 6) is -3.74. The zero-order chi connectivity index (χ0) is 19.2. The molecule has 0 unspecified atom stereocenters. The first kappa shape index (κ1) is 17.4. The Bertz CT molecular complexity index is 1190. The van der Waals surface area contributed by atoms with Crippen molar-refractivity contribution in [2.45, 2.75) is 0 Å². The van der Waals surface area contributed by atoms with Gasteiger partial charge in [-0.1, -0.05) is 0 Å². The Labute approximate surface area is 144 Å². The Morgan fingerprint density at radius 2 is 1.65 bits per heavy atom. The number of hydrogen-bond acceptors (Lipinski definition) is 10. The van der Waals surface area contributed by atoms with E-state index in [0.717, 1.165) is 18.2 Å². The van der Waals surface area contributed by atoms with E-state index in [0.29, 0.717) is 6.07 Å². The molecule has 3 rings (SSSR count). The maximum atomic E-state index is 12.3. The summed E-state index contributed by atoms with van der Waals surface area (Å²) in [7, 11) is -5.14. The van der Waals surface area contributed by atoms with Crippen molar-refractivity contribution in [3.05, 3.63) is 40.6 Å². The summed E-state index contributed by atoms with van der Waals surface area (Å²) in [6.45, 7) is 0. The maximum Gasteiger partial charge on any atom is 0.262 e. The molecule has 26 heavy (non-hydrogen) atoms. The van der Waals surface area contributed by atoms with Gasteiger partial charge in [0.05, 0.1) is 0 Å². The minimum atomic E-state index is -5.14. The van der Waals surface area contributed by atoms with Crippen molar-refractivity contribution in [3.63, 3.8) is 0 Å². The number of rotatable bonds is 3. The zero-order valence-electron chi connectivity index (χ0n) is 12.5. The van der Waals surface area contributed by atoms with Gasteiger partial charge in [0, 0.05) is 17.7 Å². The van der Waals surface area contributed by atoms with Gasteiger partial charge in [-0.15, -0.1) is 0 Å². The third-order valence-corrected chi connectivity index (χ3v) is 3.76. The van der Waals surface area contributed by atoms with Gasteiger partial charge < -0.3 is 33.6 Å². The Kier molecular flexibility index (Phi) is 3.89. The molecule has 0 atom stereocenters. The van der Waals surface area contributed by atoms with Gasteiger partial charge in [-0.2, -0.15) is 0 Å². The van der Waals surface area contributed by atoms with E-state index < -0.39 is 61.3 Å². The van der Waals surface area contributed by atoms with Crippen molar-refractivity contribution in [3.8, 4) is 40.1 Å². The van der Waals surface area contributed by atoms with Gasteiger partial charge in [0.2, 0.25) is 11.2 Å². The Balaban J connectivity index is 2.30. The first-order valence-electron chi connectivity index (χ1n) is 6.77. The molecule has 0 saturated heterocycles. The second-order valence-corrected chi connectivity index (χ2v) is 6.10. The molecule has 0 aliphatic heterocycles. The monoisotopic (exact) mass is 381 g/mol. The van der Waals surface area contributed by atoms with Crippen LogP contribution in [-0.4, -0.2) is 33.4 Å². The summed E-state index contributed by atoms with van der Waals surface area (Å²) in [6, 6.07) is 4.85. The molecular formula is C15H9O10S-. The predicted molar refractivity (Wildman–Crippen MR) is 84.9 cm³/mol. The van der Waals surface area contributed by atoms with Gasteiger partial charge in [-0.3, -0.25) is 4.79 Å². The van der Waals surface area contributed by atoms with Crippen LogP contribution >= 0.6 is 0 Å². The van der Waals surface area contributed by atoms with Crippen molar-refractivity contribution >= 4 is 21.4 Å². The molecule has 0 amide bonds. The highest BCUT2D eigenvalue weighted by atomic mass is 32.3. The number of hydrogen-bond donors (Lipinski definition) is 4. The summed E-state index contributed by atoms with van der Waals surface area (Å²) in [6.07, 6.45) is 0. The largest absolute Gasteiger partial charge is 0.716 e. The molecule has 3 aromatic rings. The highest BCUT2D eigenvalue weighted by Crippen LogP contribution is 2.37. The van der Waals surface area contributed by atoms with Gasteiger partial charge in [0.1, 0.15) is 22.5 Å². The molecule has 4 N–H and O–H groups in total. The summed E-state index contributed by atoms with van der Waals surface area (Å²) < 4.78 is 41.5. The molecule has 0 bridgehead atoms. The SMILES string of the molecule is O=c1c(O)c(-c2ccc(O)c(O)c2)oc2cc(OS(=O)(=O)[O-])cc(O)c12. The van der Waals surface area contributed by atoms with E-state index in [1.807, 2.05) is 0 Å². The number of aromatic hydroxyl groups is 4. The van der Waals surface area contributed by atoms with E-state index in [4.69, 9.17) is 4.42 Å². The van der Waals surface area contributed by atoms with E-state index in [9.17, 15) is 38.2 Å². The fourth-order valence-corrected chi connectivity index (χ4v) is 2.62. The second kappa shape index (κ2) is 5.82. The fourth-order valence-electron chi connectivity index (χ4n) is 2.29. The molecule has 2 aromatic carbocycles. The molecule has 0 aliphatic rings. The first-order valence-corrected chi connectivity index (χ1v) is 8.10. The maximum absolute atomic E-state index is 12.3. The van der Waals surface area contributed by atoms with Crippen molar-refractivity contribution in [2.24, 2.45) is 0 Å². The molecule has 0 fully saturated rings. The van der Waals surface area contributed by atoms with Crippen LogP contribution in [0.3, 0.4) is 0 Å². The van der Waals surface area contributed by atoms with Gasteiger partial charge in [0.15, 0.2) is 17.3 Å². The first-order chi connectivity index (χ1) is 12.1. The van der Waals surface area contributed by atoms with Crippen LogP contribution in [0.5, 0.6) is 28.7 Å². The quantitative estimate of drug-likeness (QED) is 0.292. The normalized spacial score (nSPS) is 11.6. The minimum Gasteiger partial charge on any atom is -0.716 e. The predicted octanol–water partition coefficient (Wildman–Crippen LogP) is 1.12. The molecule has 0 aliphatic carbocycles. The standard InChI is InChI=1S/C15H10O10S/c16-8-2-1-6(3-9(8)17)15-14(20)13(19)12-10(18)4-7(5-11(12)24-15)25-26(21,22)23/h1-5,16-18,20H,(H,21,22,23)/p-1. The van der Waals surface area contributed by atoms with Crippen LogP contribution in [0.15, 0.2) is 39.5 Å². The van der Waals surface area contributed by atoms with Crippen molar-refractivity contribution in [1.82, 2.24) is 0 Å². The van der Waals surface area contributed by atoms with Crippen molar-refractivity contribution < 1.29 is 42.0 Å². The van der Waals surface area contributed by atoms with E-state index in [-0.39, 0.29) is 5.56 Å². The molecule has 1 aromatic heterocycles. The zero-order valence-corrected chi connectivity index (χ0v) is 13.3. The van der Waals surface area contributed by atoms with Crippen molar-refractivity contribution in [2.75, 3.05) is 0 Å². The highest BCUT2D eigenvalue weighted by molar-refractivity contribution is 7.81. The summed E-state index contributed by atoms with van der Waals surface area (Å²) in [5.41, 5.74) is -1.45. The average molecular weight is 381 g/mol. The van der Waals surface area contributed by atoms with E-state index >= 15 is 0 Å². The Morgan fingerprint density at radius 3 is 2.27 bits per heavy atom. The lowest BCUT2D eigenvalue weighted by Gasteiger charge is -2.11. The van der Waals surface area contributed by atoms with Crippen molar-refractivity contribution in [1.29, 1.82) is 0 Å². The van der Waals surface area contributed by atoms with Crippen LogP contribution in [-0.2, 0) is 10.4 Å². The lowest BCUT2D eigenvalue weighted by Crippen LogP contribution is -2.08. The number of benzene rings is 2. The van der Waals surface area contributed by atoms with E-state index in [1.165, 1.54) is 6.07 Å². The average Bonchev–Trinajstić information content (AvgIpc) is 2.51. The van der Waals surface area contributed by atoms with Gasteiger partial charge in [-0.25, -0.2) is 8.42 Å². The van der Waals surface area contributed by atoms with Gasteiger partial charge in [-0.05, 0) is 18.2 Å². The van der Waals surface area contributed by atoms with E-state index in [2.05, 4.69) is 4.18 Å². The van der Waals surface area contributed by atoms with Crippen LogP contribution in [0, 0.1) is 0 Å². The second-order valence-electron chi connectivity index (χ2n) is 5.12. The van der Waals surface area contributed by atoms with Gasteiger partial charge >= 0.3 is 0 Å². The molecule has 10 nitrogen and oxygen atoms in total. The molecule has 0 spiro atoms. The van der Waals surface area contributed by atoms with Crippen LogP contribution < -0.4 is 9.61 Å². The highest BCUT2D eigenvalue weighted by Gasteiger charge is 2.20. The number of fused-ring (bicyclic) bond motifs is 1. The van der Waals surface area contributed by atoms with Crippen LogP contribution in [0.1, 0.15) is 0 Å². The molecule has 0 radical (unpaired) electrons. The molecule has 136 valence electrons. The molecule has 11 heteroatoms. The Morgan fingerprint density at radius 1 is 0.962 bits per heavy atom. The number of phenols is 3. The van der Waals surface area contributed by atoms with Crippen LogP contribution in [0.4, 0.5) is 0 Å². The third kappa shape index (κ3) is 3.08. The summed E-state index contributed by atoms with van der Waals surface area (Å²) in [4.78, 5) is 12.3. The van der Waals surface area contributed by atoms with Crippen LogP contribution in [0.2, 0.25) is 0 Å². The van der Waals surface area contributed by atoms with E-state index in [1.54, 1.807) is 0 Å².